The number of aliphatic hydroxyl groups is 2. The van der Waals surface area contributed by atoms with Crippen molar-refractivity contribution in [3.8, 4) is 11.5 Å². The van der Waals surface area contributed by atoms with Crippen molar-refractivity contribution >= 4 is 16.6 Å². The molecule has 0 saturated carbocycles. The number of allylic oxidation sites excluding steroid dienone is 2. The van der Waals surface area contributed by atoms with Gasteiger partial charge in [-0.25, -0.2) is 0 Å². The topological polar surface area (TPSA) is 68.2 Å². The molecule has 0 saturated heterocycles. The molecule has 1 unspecified atom stereocenters. The summed E-state index contributed by atoms with van der Waals surface area (Å²) in [5, 5.41) is 20.5. The van der Waals surface area contributed by atoms with Gasteiger partial charge in [0.1, 0.15) is 5.75 Å². The zero-order chi connectivity index (χ0) is 29.0. The Hall–Kier alpha value is -1.13. The Bertz CT molecular complexity index is 916. The molecule has 0 aliphatic heterocycles. The molecule has 0 aromatic heterocycles. The molecular weight excluding hydrogens is 496 g/mol. The normalized spacial score (nSPS) is 15.1. The zero-order valence-electron chi connectivity index (χ0n) is 26.3. The maximum Gasteiger partial charge on any atom is 0.250 e. The van der Waals surface area contributed by atoms with Crippen molar-refractivity contribution in [2.75, 3.05) is 7.11 Å². The van der Waals surface area contributed by atoms with Crippen molar-refractivity contribution in [1.29, 1.82) is 0 Å². The molecule has 5 nitrogen and oxygen atoms in total. The van der Waals surface area contributed by atoms with Gasteiger partial charge in [0.2, 0.25) is 0 Å². The number of rotatable bonds is 12. The van der Waals surface area contributed by atoms with Crippen molar-refractivity contribution in [2.24, 2.45) is 0 Å². The van der Waals surface area contributed by atoms with Crippen LogP contribution in [0, 0.1) is 0 Å². The van der Waals surface area contributed by atoms with Crippen LogP contribution in [-0.2, 0) is 17.5 Å². The minimum atomic E-state index is -2.11. The lowest BCUT2D eigenvalue weighted by atomic mass is 9.95. The molecule has 0 fully saturated rings. The fourth-order valence-electron chi connectivity index (χ4n) is 3.22. The molecule has 2 N–H and O–H groups in total. The monoisotopic (exact) mass is 552 g/mol. The van der Waals surface area contributed by atoms with E-state index in [0.717, 1.165) is 29.0 Å². The van der Waals surface area contributed by atoms with Gasteiger partial charge in [-0.2, -0.15) is 0 Å². The molecular formula is C30H56O5Si2. The molecule has 1 rings (SSSR count). The lowest BCUT2D eigenvalue weighted by Crippen LogP contribution is -2.44. The van der Waals surface area contributed by atoms with Gasteiger partial charge < -0.3 is 23.8 Å². The summed E-state index contributed by atoms with van der Waals surface area (Å²) in [7, 11) is -2.31. The standard InChI is InChI=1S/C30H56O5Si2/c1-22(16-18-26(31)30(8,9)32)15-17-24-19-23(21-34-36(11,12)28(2,3)4)20-25(33-10)27(24)35-37(13,14)29(5,6)7/h15,19-20,26,31-32H,16-18,21H2,1-14H3. The van der Waals surface area contributed by atoms with Crippen molar-refractivity contribution < 1.29 is 23.8 Å². The predicted molar refractivity (Wildman–Crippen MR) is 162 cm³/mol. The molecule has 0 radical (unpaired) electrons. The number of methoxy groups -OCH3 is 1. The summed E-state index contributed by atoms with van der Waals surface area (Å²) in [6.45, 7) is 28.4. The first-order valence-corrected chi connectivity index (χ1v) is 19.4. The fraction of sp³-hybridized carbons (Fsp3) is 0.733. The number of hydrogen-bond donors (Lipinski definition) is 2. The molecule has 0 heterocycles. The van der Waals surface area contributed by atoms with Gasteiger partial charge >= 0.3 is 0 Å². The van der Waals surface area contributed by atoms with Crippen LogP contribution in [0.4, 0.5) is 0 Å². The largest absolute Gasteiger partial charge is 0.541 e. The molecule has 1 aromatic carbocycles. The highest BCUT2D eigenvalue weighted by molar-refractivity contribution is 6.75. The van der Waals surface area contributed by atoms with Gasteiger partial charge in [-0.05, 0) is 94.0 Å². The Morgan fingerprint density at radius 2 is 1.49 bits per heavy atom. The van der Waals surface area contributed by atoms with Gasteiger partial charge in [0.25, 0.3) is 8.32 Å². The van der Waals surface area contributed by atoms with Crippen molar-refractivity contribution in [2.45, 2.75) is 136 Å². The van der Waals surface area contributed by atoms with Crippen LogP contribution >= 0.6 is 0 Å². The third kappa shape index (κ3) is 9.84. The zero-order valence-corrected chi connectivity index (χ0v) is 28.3. The van der Waals surface area contributed by atoms with Crippen molar-refractivity contribution in [1.82, 2.24) is 0 Å². The number of benzene rings is 1. The summed E-state index contributed by atoms with van der Waals surface area (Å²) in [4.78, 5) is 0. The Kier molecular flexibility index (Phi) is 11.3. The molecule has 1 aromatic rings. The summed E-state index contributed by atoms with van der Waals surface area (Å²) < 4.78 is 19.2. The summed E-state index contributed by atoms with van der Waals surface area (Å²) in [6.07, 6.45) is 3.36. The minimum Gasteiger partial charge on any atom is -0.541 e. The van der Waals surface area contributed by atoms with E-state index in [-0.39, 0.29) is 10.1 Å². The van der Waals surface area contributed by atoms with Gasteiger partial charge in [0.15, 0.2) is 14.1 Å². The second kappa shape index (κ2) is 12.4. The van der Waals surface area contributed by atoms with Gasteiger partial charge in [0.05, 0.1) is 25.4 Å². The van der Waals surface area contributed by atoms with Crippen LogP contribution in [0.1, 0.15) is 86.3 Å². The van der Waals surface area contributed by atoms with Crippen LogP contribution in [0.3, 0.4) is 0 Å². The minimum absolute atomic E-state index is 0.0540. The molecule has 0 bridgehead atoms. The van der Waals surface area contributed by atoms with Crippen LogP contribution in [0.5, 0.6) is 11.5 Å². The SMILES string of the molecule is COc1cc(CO[Si](C)(C)C(C)(C)C)cc(CC=C(C)CCC(O)C(C)(C)O)c1O[Si](C)(C)C(C)(C)C. The third-order valence-electron chi connectivity index (χ3n) is 8.28. The second-order valence-electron chi connectivity index (χ2n) is 14.2. The first kappa shape index (κ1) is 33.9. The molecule has 214 valence electrons. The summed E-state index contributed by atoms with van der Waals surface area (Å²) in [5.74, 6) is 1.57. The van der Waals surface area contributed by atoms with E-state index in [4.69, 9.17) is 13.6 Å². The van der Waals surface area contributed by atoms with E-state index in [2.05, 4.69) is 92.9 Å². The molecule has 0 spiro atoms. The molecule has 0 amide bonds. The van der Waals surface area contributed by atoms with E-state index in [1.807, 2.05) is 0 Å². The van der Waals surface area contributed by atoms with E-state index in [9.17, 15) is 10.2 Å². The first-order chi connectivity index (χ1) is 16.5. The summed E-state index contributed by atoms with van der Waals surface area (Å²) in [6, 6.07) is 4.27. The van der Waals surface area contributed by atoms with Gasteiger partial charge in [-0.15, -0.1) is 0 Å². The van der Waals surface area contributed by atoms with Crippen LogP contribution < -0.4 is 9.16 Å². The van der Waals surface area contributed by atoms with E-state index in [0.29, 0.717) is 19.4 Å². The van der Waals surface area contributed by atoms with Gasteiger partial charge in [-0.3, -0.25) is 0 Å². The fourth-order valence-corrected chi connectivity index (χ4v) is 5.23. The molecule has 1 atom stereocenters. The number of aliphatic hydroxyl groups excluding tert-OH is 1. The van der Waals surface area contributed by atoms with Crippen LogP contribution in [0.25, 0.3) is 0 Å². The van der Waals surface area contributed by atoms with E-state index in [1.165, 1.54) is 5.57 Å². The molecule has 7 heteroatoms. The van der Waals surface area contributed by atoms with E-state index >= 15 is 0 Å². The summed E-state index contributed by atoms with van der Waals surface area (Å²) in [5.41, 5.74) is 2.24. The third-order valence-corrected chi connectivity index (χ3v) is 17.1. The highest BCUT2D eigenvalue weighted by atomic mass is 28.4. The molecule has 37 heavy (non-hydrogen) atoms. The average Bonchev–Trinajstić information content (AvgIpc) is 2.72. The molecule has 0 aliphatic carbocycles. The van der Waals surface area contributed by atoms with Crippen LogP contribution in [0.2, 0.25) is 36.3 Å². The van der Waals surface area contributed by atoms with Crippen LogP contribution in [-0.4, -0.2) is 45.7 Å². The lowest BCUT2D eigenvalue weighted by Gasteiger charge is -2.38. The maximum absolute atomic E-state index is 10.2. The lowest BCUT2D eigenvalue weighted by molar-refractivity contribution is -0.0509. The van der Waals surface area contributed by atoms with Crippen molar-refractivity contribution in [3.05, 3.63) is 34.9 Å². The van der Waals surface area contributed by atoms with E-state index < -0.39 is 28.3 Å². The van der Waals surface area contributed by atoms with E-state index in [1.54, 1.807) is 21.0 Å². The highest BCUT2D eigenvalue weighted by Crippen LogP contribution is 2.43. The van der Waals surface area contributed by atoms with Gasteiger partial charge in [-0.1, -0.05) is 53.2 Å². The Morgan fingerprint density at radius 3 is 1.95 bits per heavy atom. The Balaban J connectivity index is 3.38. The number of hydrogen-bond acceptors (Lipinski definition) is 5. The van der Waals surface area contributed by atoms with Gasteiger partial charge in [0, 0.05) is 5.56 Å². The van der Waals surface area contributed by atoms with Crippen molar-refractivity contribution in [3.63, 3.8) is 0 Å². The van der Waals surface area contributed by atoms with Crippen LogP contribution in [0.15, 0.2) is 23.8 Å². The highest BCUT2D eigenvalue weighted by Gasteiger charge is 2.40. The Morgan fingerprint density at radius 1 is 0.946 bits per heavy atom. The second-order valence-corrected chi connectivity index (χ2v) is 23.7. The smallest absolute Gasteiger partial charge is 0.250 e. The average molecular weight is 553 g/mol. The molecule has 0 aliphatic rings. The number of ether oxygens (including phenoxy) is 1. The Labute approximate surface area is 229 Å². The quantitative estimate of drug-likeness (QED) is 0.203. The summed E-state index contributed by atoms with van der Waals surface area (Å²) >= 11 is 0. The predicted octanol–water partition coefficient (Wildman–Crippen LogP) is 8.00. The first-order valence-electron chi connectivity index (χ1n) is 13.6. The maximum atomic E-state index is 10.2.